The van der Waals surface area contributed by atoms with Gasteiger partial charge in [-0.3, -0.25) is 4.79 Å². The number of nitrogens with one attached hydrogen (secondary N) is 1. The van der Waals surface area contributed by atoms with Gasteiger partial charge in [-0.2, -0.15) is 0 Å². The molecule has 1 N–H and O–H groups in total. The molecule has 1 aromatic heterocycles. The van der Waals surface area contributed by atoms with E-state index in [0.717, 1.165) is 36.7 Å². The highest BCUT2D eigenvalue weighted by molar-refractivity contribution is 5.79. The lowest BCUT2D eigenvalue weighted by Gasteiger charge is -2.32. The van der Waals surface area contributed by atoms with Crippen LogP contribution in [-0.4, -0.2) is 35.5 Å². The molecule has 0 saturated carbocycles. The molecule has 3 aromatic rings. The first-order chi connectivity index (χ1) is 15.1. The van der Waals surface area contributed by atoms with Gasteiger partial charge < -0.3 is 10.2 Å². The van der Waals surface area contributed by atoms with Crippen molar-refractivity contribution >= 4 is 11.9 Å². The summed E-state index contributed by atoms with van der Waals surface area (Å²) in [5, 5.41) is 3.24. The van der Waals surface area contributed by atoms with Crippen LogP contribution in [-0.2, 0) is 4.79 Å². The molecule has 2 heterocycles. The van der Waals surface area contributed by atoms with Crippen LogP contribution >= 0.6 is 0 Å². The molecule has 1 saturated heterocycles. The van der Waals surface area contributed by atoms with Crippen LogP contribution in [0.5, 0.6) is 0 Å². The zero-order chi connectivity index (χ0) is 21.6. The zero-order valence-corrected chi connectivity index (χ0v) is 18.3. The Morgan fingerprint density at radius 1 is 1.00 bits per heavy atom. The third-order valence-electron chi connectivity index (χ3n) is 5.93. The predicted octanol–water partition coefficient (Wildman–Crippen LogP) is 4.26. The Morgan fingerprint density at radius 2 is 1.58 bits per heavy atom. The molecule has 0 aliphatic carbocycles. The Hall–Kier alpha value is -3.21. The van der Waals surface area contributed by atoms with Crippen molar-refractivity contribution < 1.29 is 4.79 Å². The standard InChI is InChI=1S/C26H30N4O/c1-19-16-20(2)29-26(28-19)30-15-9-14-23(18-30)25(31)27-17-24(21-10-5-3-6-11-21)22-12-7-4-8-13-22/h3-8,10-13,16,23-24H,9,14-15,17-18H2,1-2H3,(H,27,31)/t23-/m1/s1. The van der Waals surface area contributed by atoms with Crippen molar-refractivity contribution in [1.82, 2.24) is 15.3 Å². The Balaban J connectivity index is 1.44. The summed E-state index contributed by atoms with van der Waals surface area (Å²) in [6.45, 7) is 6.11. The van der Waals surface area contributed by atoms with E-state index in [0.29, 0.717) is 13.1 Å². The quantitative estimate of drug-likeness (QED) is 0.655. The fraction of sp³-hybridized carbons (Fsp3) is 0.346. The predicted molar refractivity (Wildman–Crippen MR) is 124 cm³/mol. The molecule has 2 aromatic carbocycles. The SMILES string of the molecule is Cc1cc(C)nc(N2CCC[C@@H](C(=O)NCC(c3ccccc3)c3ccccc3)C2)n1. The molecule has 31 heavy (non-hydrogen) atoms. The fourth-order valence-electron chi connectivity index (χ4n) is 4.37. The molecule has 0 unspecified atom stereocenters. The van der Waals surface area contributed by atoms with Crippen LogP contribution in [0.3, 0.4) is 0 Å². The fourth-order valence-corrected chi connectivity index (χ4v) is 4.37. The number of anilines is 1. The van der Waals surface area contributed by atoms with Crippen molar-refractivity contribution in [2.24, 2.45) is 5.92 Å². The molecule has 5 heteroatoms. The third kappa shape index (κ3) is 5.29. The average Bonchev–Trinajstić information content (AvgIpc) is 2.80. The van der Waals surface area contributed by atoms with Crippen molar-refractivity contribution in [2.75, 3.05) is 24.5 Å². The maximum Gasteiger partial charge on any atom is 0.225 e. The number of hydrogen-bond acceptors (Lipinski definition) is 4. The topological polar surface area (TPSA) is 58.1 Å². The monoisotopic (exact) mass is 414 g/mol. The lowest BCUT2D eigenvalue weighted by atomic mass is 9.90. The van der Waals surface area contributed by atoms with E-state index in [2.05, 4.69) is 68.7 Å². The van der Waals surface area contributed by atoms with Gasteiger partial charge in [-0.25, -0.2) is 9.97 Å². The maximum absolute atomic E-state index is 13.1. The number of piperidine rings is 1. The van der Waals surface area contributed by atoms with Crippen molar-refractivity contribution in [1.29, 1.82) is 0 Å². The molecule has 1 fully saturated rings. The molecule has 1 atom stereocenters. The highest BCUT2D eigenvalue weighted by atomic mass is 16.1. The summed E-state index contributed by atoms with van der Waals surface area (Å²) < 4.78 is 0. The van der Waals surface area contributed by atoms with E-state index in [4.69, 9.17) is 0 Å². The summed E-state index contributed by atoms with van der Waals surface area (Å²) in [7, 11) is 0. The van der Waals surface area contributed by atoms with Gasteiger partial charge >= 0.3 is 0 Å². The van der Waals surface area contributed by atoms with Gasteiger partial charge in [0.1, 0.15) is 0 Å². The Kier molecular flexibility index (Phi) is 6.60. The van der Waals surface area contributed by atoms with E-state index in [1.807, 2.05) is 32.0 Å². The van der Waals surface area contributed by atoms with E-state index in [1.54, 1.807) is 0 Å². The van der Waals surface area contributed by atoms with Crippen LogP contribution in [0, 0.1) is 19.8 Å². The lowest BCUT2D eigenvalue weighted by molar-refractivity contribution is -0.125. The number of amides is 1. The molecule has 1 amide bonds. The Bertz CT molecular complexity index is 947. The van der Waals surface area contributed by atoms with Gasteiger partial charge in [0.25, 0.3) is 0 Å². The number of benzene rings is 2. The summed E-state index contributed by atoms with van der Waals surface area (Å²) in [5.74, 6) is 0.937. The summed E-state index contributed by atoms with van der Waals surface area (Å²) in [4.78, 5) is 24.4. The van der Waals surface area contributed by atoms with Crippen molar-refractivity contribution in [3.05, 3.63) is 89.2 Å². The van der Waals surface area contributed by atoms with Gasteiger partial charge in [-0.15, -0.1) is 0 Å². The number of carbonyl (C=O) groups excluding carboxylic acids is 1. The average molecular weight is 415 g/mol. The van der Waals surface area contributed by atoms with Crippen LogP contribution in [0.2, 0.25) is 0 Å². The molecule has 1 aliphatic heterocycles. The number of carbonyl (C=O) groups is 1. The number of hydrogen-bond donors (Lipinski definition) is 1. The third-order valence-corrected chi connectivity index (χ3v) is 5.93. The highest BCUT2D eigenvalue weighted by Gasteiger charge is 2.28. The molecule has 1 aliphatic rings. The Morgan fingerprint density at radius 3 is 2.16 bits per heavy atom. The van der Waals surface area contributed by atoms with Crippen molar-refractivity contribution in [2.45, 2.75) is 32.6 Å². The van der Waals surface area contributed by atoms with Gasteiger partial charge in [0.15, 0.2) is 0 Å². The second-order valence-corrected chi connectivity index (χ2v) is 8.35. The first-order valence-corrected chi connectivity index (χ1v) is 11.0. The largest absolute Gasteiger partial charge is 0.355 e. The molecule has 0 bridgehead atoms. The summed E-state index contributed by atoms with van der Waals surface area (Å²) in [6.07, 6.45) is 1.86. The minimum Gasteiger partial charge on any atom is -0.355 e. The first-order valence-electron chi connectivity index (χ1n) is 11.0. The van der Waals surface area contributed by atoms with Gasteiger partial charge in [0, 0.05) is 36.9 Å². The van der Waals surface area contributed by atoms with Gasteiger partial charge in [0.05, 0.1) is 5.92 Å². The summed E-state index contributed by atoms with van der Waals surface area (Å²) >= 11 is 0. The van der Waals surface area contributed by atoms with Crippen LogP contribution in [0.4, 0.5) is 5.95 Å². The Labute approximate surface area is 184 Å². The summed E-state index contributed by atoms with van der Waals surface area (Å²) in [5.41, 5.74) is 4.34. The van der Waals surface area contributed by atoms with Crippen molar-refractivity contribution in [3.8, 4) is 0 Å². The van der Waals surface area contributed by atoms with Crippen LogP contribution in [0.1, 0.15) is 41.3 Å². The smallest absolute Gasteiger partial charge is 0.225 e. The number of aromatic nitrogens is 2. The minimum absolute atomic E-state index is 0.0506. The number of rotatable bonds is 6. The van der Waals surface area contributed by atoms with E-state index < -0.39 is 0 Å². The van der Waals surface area contributed by atoms with Crippen LogP contribution in [0.15, 0.2) is 66.7 Å². The zero-order valence-electron chi connectivity index (χ0n) is 18.3. The highest BCUT2D eigenvalue weighted by Crippen LogP contribution is 2.25. The molecule has 5 nitrogen and oxygen atoms in total. The van der Waals surface area contributed by atoms with Gasteiger partial charge in [-0.1, -0.05) is 60.7 Å². The normalized spacial score (nSPS) is 16.4. The molecule has 0 radical (unpaired) electrons. The molecule has 160 valence electrons. The van der Waals surface area contributed by atoms with E-state index in [-0.39, 0.29) is 17.7 Å². The second kappa shape index (κ2) is 9.73. The first kappa shape index (κ1) is 21.0. The minimum atomic E-state index is -0.0506. The van der Waals surface area contributed by atoms with E-state index in [9.17, 15) is 4.79 Å². The molecule has 0 spiro atoms. The summed E-state index contributed by atoms with van der Waals surface area (Å²) in [6, 6.07) is 22.7. The lowest BCUT2D eigenvalue weighted by Crippen LogP contribution is -2.44. The van der Waals surface area contributed by atoms with E-state index >= 15 is 0 Å². The molecular weight excluding hydrogens is 384 g/mol. The second-order valence-electron chi connectivity index (χ2n) is 8.35. The number of aryl methyl sites for hydroxylation is 2. The van der Waals surface area contributed by atoms with Gasteiger partial charge in [-0.05, 0) is 43.9 Å². The van der Waals surface area contributed by atoms with Gasteiger partial charge in [0.2, 0.25) is 11.9 Å². The van der Waals surface area contributed by atoms with Crippen molar-refractivity contribution in [3.63, 3.8) is 0 Å². The number of nitrogens with zero attached hydrogens (tertiary/aromatic N) is 3. The molecular formula is C26H30N4O. The van der Waals surface area contributed by atoms with E-state index in [1.165, 1.54) is 11.1 Å². The van der Waals surface area contributed by atoms with Crippen LogP contribution < -0.4 is 10.2 Å². The maximum atomic E-state index is 13.1. The molecule has 4 rings (SSSR count). The van der Waals surface area contributed by atoms with Crippen LogP contribution in [0.25, 0.3) is 0 Å².